The van der Waals surface area contributed by atoms with Crippen LogP contribution in [0.1, 0.15) is 88.5 Å². The molecule has 0 spiro atoms. The van der Waals surface area contributed by atoms with Crippen molar-refractivity contribution >= 4 is 36.0 Å². The maximum atomic E-state index is 13.3. The number of carboxylic acid groups (broad SMARTS) is 1. The second-order valence-corrected chi connectivity index (χ2v) is 18.7. The van der Waals surface area contributed by atoms with Crippen LogP contribution in [0, 0.1) is 0 Å². The van der Waals surface area contributed by atoms with Crippen LogP contribution >= 0.6 is 0 Å². The fourth-order valence-electron chi connectivity index (χ4n) is 8.50. The molecule has 1 aliphatic heterocycles. The number of likely N-dealkylation sites (N-methyl/N-ethyl adjacent to an activating group) is 2. The minimum atomic E-state index is -1.38. The van der Waals surface area contributed by atoms with Gasteiger partial charge in [-0.25, -0.2) is 14.4 Å². The van der Waals surface area contributed by atoms with Crippen LogP contribution in [0.4, 0.5) is 9.59 Å². The average molecular weight is 920 g/mol. The molecular formula is C52H61N3O12. The summed E-state index contributed by atoms with van der Waals surface area (Å²) in [5.41, 5.74) is 7.33. The lowest BCUT2D eigenvalue weighted by Crippen LogP contribution is -2.53. The zero-order valence-corrected chi connectivity index (χ0v) is 39.5. The zero-order chi connectivity index (χ0) is 48.6. The highest BCUT2D eigenvalue weighted by atomic mass is 16.6. The topological polar surface area (TPSA) is 179 Å². The number of amides is 3. The summed E-state index contributed by atoms with van der Waals surface area (Å²) in [5, 5.41) is 9.52. The largest absolute Gasteiger partial charge is 0.480 e. The van der Waals surface area contributed by atoms with E-state index in [2.05, 4.69) is 12.1 Å². The van der Waals surface area contributed by atoms with Gasteiger partial charge in [-0.3, -0.25) is 24.2 Å². The number of esters is 2. The molecule has 15 nitrogen and oxygen atoms in total. The molecule has 0 unspecified atom stereocenters. The molecule has 2 aliphatic carbocycles. The van der Waals surface area contributed by atoms with E-state index in [1.807, 2.05) is 84.9 Å². The maximum Gasteiger partial charge on any atom is 0.410 e. The molecule has 7 rings (SSSR count). The lowest BCUT2D eigenvalue weighted by molar-refractivity contribution is -0.160. The summed E-state index contributed by atoms with van der Waals surface area (Å²) in [6, 6.07) is 29.6. The third-order valence-electron chi connectivity index (χ3n) is 11.6. The molecular weight excluding hydrogens is 859 g/mol. The number of hydrogen-bond donors (Lipinski definition) is 1. The van der Waals surface area contributed by atoms with Crippen LogP contribution in [0.3, 0.4) is 0 Å². The number of nitrogens with zero attached hydrogens (tertiary/aromatic N) is 3. The molecule has 0 radical (unpaired) electrons. The van der Waals surface area contributed by atoms with Gasteiger partial charge in [0.1, 0.15) is 36.5 Å². The molecule has 4 aromatic rings. The number of rotatable bonds is 12. The Labute approximate surface area is 391 Å². The van der Waals surface area contributed by atoms with Gasteiger partial charge in [0.25, 0.3) is 0 Å². The SMILES string of the molecule is CN(C(=O)OCC1c2ccccc2-c2ccccc21)[C@@H](CC(=O)OC(C)(C)C)C(=O)N1CCOCC1.CN(C(=O)OCC1c2ccccc2-c2ccccc21)[C@@H](CC(=O)OC(C)(C)C)C(=O)O. The highest BCUT2D eigenvalue weighted by Crippen LogP contribution is 2.46. The first-order valence-corrected chi connectivity index (χ1v) is 22.4. The molecule has 0 saturated carbocycles. The number of carbonyl (C=O) groups is 6. The molecule has 15 heteroatoms. The molecule has 1 N–H and O–H groups in total. The lowest BCUT2D eigenvalue weighted by atomic mass is 9.98. The summed E-state index contributed by atoms with van der Waals surface area (Å²) < 4.78 is 27.2. The highest BCUT2D eigenvalue weighted by molar-refractivity contribution is 5.90. The summed E-state index contributed by atoms with van der Waals surface area (Å²) >= 11 is 0. The number of aliphatic carboxylic acids is 1. The van der Waals surface area contributed by atoms with Crippen molar-refractivity contribution < 1.29 is 57.6 Å². The van der Waals surface area contributed by atoms with E-state index in [1.165, 1.54) is 19.0 Å². The Morgan fingerprint density at radius 2 is 0.910 bits per heavy atom. The average Bonchev–Trinajstić information content (AvgIpc) is 3.79. The Hall–Kier alpha value is -6.74. The van der Waals surface area contributed by atoms with Gasteiger partial charge >= 0.3 is 30.1 Å². The predicted octanol–water partition coefficient (Wildman–Crippen LogP) is 7.88. The molecule has 0 aromatic heterocycles. The Bertz CT molecular complexity index is 2360. The van der Waals surface area contributed by atoms with Gasteiger partial charge in [0.15, 0.2) is 0 Å². The van der Waals surface area contributed by atoms with Crippen molar-refractivity contribution in [2.75, 3.05) is 53.6 Å². The number of morpholine rings is 1. The summed E-state index contributed by atoms with van der Waals surface area (Å²) in [6.45, 7) is 12.2. The molecule has 1 fully saturated rings. The van der Waals surface area contributed by atoms with Crippen molar-refractivity contribution in [3.05, 3.63) is 119 Å². The van der Waals surface area contributed by atoms with Gasteiger partial charge in [0, 0.05) is 39.0 Å². The zero-order valence-electron chi connectivity index (χ0n) is 39.5. The van der Waals surface area contributed by atoms with Gasteiger partial charge in [0.05, 0.1) is 26.1 Å². The number of carbonyl (C=O) groups excluding carboxylic acids is 5. The highest BCUT2D eigenvalue weighted by Gasteiger charge is 2.38. The van der Waals surface area contributed by atoms with Crippen molar-refractivity contribution in [2.45, 2.75) is 89.5 Å². The molecule has 3 aliphatic rings. The van der Waals surface area contributed by atoms with Gasteiger partial charge in [-0.1, -0.05) is 97.1 Å². The van der Waals surface area contributed by atoms with E-state index in [0.717, 1.165) is 49.4 Å². The number of benzene rings is 4. The smallest absolute Gasteiger partial charge is 0.410 e. The molecule has 1 heterocycles. The second-order valence-electron chi connectivity index (χ2n) is 18.7. The minimum absolute atomic E-state index is 0.0655. The van der Waals surface area contributed by atoms with Crippen molar-refractivity contribution in [1.29, 1.82) is 0 Å². The molecule has 0 bridgehead atoms. The third kappa shape index (κ3) is 12.4. The van der Waals surface area contributed by atoms with Crippen LogP contribution in [0.5, 0.6) is 0 Å². The third-order valence-corrected chi connectivity index (χ3v) is 11.6. The van der Waals surface area contributed by atoms with E-state index < -0.39 is 59.8 Å². The molecule has 4 aromatic carbocycles. The Morgan fingerprint density at radius 1 is 0.582 bits per heavy atom. The van der Waals surface area contributed by atoms with Crippen LogP contribution in [-0.2, 0) is 42.9 Å². The Balaban J connectivity index is 0.000000224. The summed E-state index contributed by atoms with van der Waals surface area (Å²) in [7, 11) is 2.80. The molecule has 3 amide bonds. The van der Waals surface area contributed by atoms with Crippen LogP contribution < -0.4 is 0 Å². The minimum Gasteiger partial charge on any atom is -0.480 e. The summed E-state index contributed by atoms with van der Waals surface area (Å²) in [5.74, 6) is -3.11. The van der Waals surface area contributed by atoms with Crippen molar-refractivity contribution in [1.82, 2.24) is 14.7 Å². The molecule has 2 atom stereocenters. The van der Waals surface area contributed by atoms with Crippen molar-refractivity contribution in [2.24, 2.45) is 0 Å². The molecule has 356 valence electrons. The normalized spacial score (nSPS) is 15.0. The van der Waals surface area contributed by atoms with E-state index in [1.54, 1.807) is 46.4 Å². The van der Waals surface area contributed by atoms with Crippen LogP contribution in [0.2, 0.25) is 0 Å². The number of ether oxygens (including phenoxy) is 5. The number of hydrogen-bond acceptors (Lipinski definition) is 11. The molecule has 67 heavy (non-hydrogen) atoms. The van der Waals surface area contributed by atoms with E-state index in [9.17, 15) is 33.9 Å². The standard InChI is InChI=1S/C28H34N2O6.C24H27NO6/c1-28(2,3)36-25(31)17-24(26(32)30-13-15-34-16-14-30)29(4)27(33)35-18-23-21-11-7-5-9-19(21)20-10-6-8-12-22(20)23;1-24(2,3)31-21(26)13-20(22(27)28)25(4)23(29)30-14-19-17-11-7-5-9-15(17)16-10-6-8-12-18(16)19/h5-12,23-24H,13-18H2,1-4H3;5-12,19-20H,13-14H2,1-4H3,(H,27,28)/t24-;20-/m00/s1. The van der Waals surface area contributed by atoms with Gasteiger partial charge < -0.3 is 33.7 Å². The number of carboxylic acids is 1. The lowest BCUT2D eigenvalue weighted by Gasteiger charge is -2.34. The van der Waals surface area contributed by atoms with E-state index in [4.69, 9.17) is 23.7 Å². The second kappa shape index (κ2) is 21.3. The predicted molar refractivity (Wildman–Crippen MR) is 249 cm³/mol. The first-order chi connectivity index (χ1) is 31.7. The van der Waals surface area contributed by atoms with E-state index >= 15 is 0 Å². The van der Waals surface area contributed by atoms with Crippen LogP contribution in [0.25, 0.3) is 22.3 Å². The van der Waals surface area contributed by atoms with Crippen LogP contribution in [0.15, 0.2) is 97.1 Å². The Kier molecular flexibility index (Phi) is 15.8. The first kappa shape index (κ1) is 49.7. The van der Waals surface area contributed by atoms with Crippen molar-refractivity contribution in [3.63, 3.8) is 0 Å². The van der Waals surface area contributed by atoms with Crippen molar-refractivity contribution in [3.8, 4) is 22.3 Å². The van der Waals surface area contributed by atoms with Gasteiger partial charge in [-0.2, -0.15) is 0 Å². The first-order valence-electron chi connectivity index (χ1n) is 22.4. The molecule has 1 saturated heterocycles. The fourth-order valence-corrected chi connectivity index (χ4v) is 8.50. The van der Waals surface area contributed by atoms with Crippen LogP contribution in [-0.4, -0.2) is 133 Å². The van der Waals surface area contributed by atoms with E-state index in [-0.39, 0.29) is 37.4 Å². The van der Waals surface area contributed by atoms with Gasteiger partial charge in [-0.15, -0.1) is 0 Å². The monoisotopic (exact) mass is 919 g/mol. The van der Waals surface area contributed by atoms with E-state index in [0.29, 0.717) is 26.3 Å². The fraction of sp³-hybridized carbons (Fsp3) is 0.423. The van der Waals surface area contributed by atoms with Gasteiger partial charge in [-0.05, 0) is 86.1 Å². The number of fused-ring (bicyclic) bond motifs is 6. The maximum absolute atomic E-state index is 13.3. The summed E-state index contributed by atoms with van der Waals surface area (Å²) in [4.78, 5) is 79.3. The van der Waals surface area contributed by atoms with Gasteiger partial charge in [0.2, 0.25) is 5.91 Å². The quantitative estimate of drug-likeness (QED) is 0.108. The summed E-state index contributed by atoms with van der Waals surface area (Å²) in [6.07, 6.45) is -2.19. The Morgan fingerprint density at radius 3 is 1.25 bits per heavy atom.